The van der Waals surface area contributed by atoms with Gasteiger partial charge in [0.05, 0.1) is 13.3 Å². The zero-order chi connectivity index (χ0) is 15.2. The first-order valence-electron chi connectivity index (χ1n) is 6.06. The summed E-state index contributed by atoms with van der Waals surface area (Å²) in [7, 11) is 1.57. The summed E-state index contributed by atoms with van der Waals surface area (Å²) < 4.78 is 12.9. The molecule has 0 spiro atoms. The fourth-order valence-electron chi connectivity index (χ4n) is 1.73. The van der Waals surface area contributed by atoms with Gasteiger partial charge in [0.2, 0.25) is 0 Å². The van der Waals surface area contributed by atoms with E-state index in [4.69, 9.17) is 14.7 Å². The molecule has 0 fully saturated rings. The normalized spacial score (nSPS) is 10.8. The maximum absolute atomic E-state index is 8.62. The molecule has 0 unspecified atom stereocenters. The smallest absolute Gasteiger partial charge is 0.162 e. The third-order valence-electron chi connectivity index (χ3n) is 2.79. The molecule has 0 amide bonds. The van der Waals surface area contributed by atoms with Gasteiger partial charge in [-0.15, -0.1) is 0 Å². The van der Waals surface area contributed by atoms with E-state index in [0.29, 0.717) is 23.7 Å². The second-order valence-corrected chi connectivity index (χ2v) is 5.95. The van der Waals surface area contributed by atoms with Gasteiger partial charge in [0, 0.05) is 14.5 Å². The van der Waals surface area contributed by atoms with Crippen molar-refractivity contribution >= 4 is 38.1 Å². The van der Waals surface area contributed by atoms with E-state index in [1.807, 2.05) is 24.3 Å². The molecule has 0 aromatic heterocycles. The number of hydrogen-bond acceptors (Lipinski definition) is 4. The molecule has 2 rings (SSSR count). The third kappa shape index (κ3) is 4.22. The number of oxime groups is 1. The summed E-state index contributed by atoms with van der Waals surface area (Å²) in [5, 5.41) is 11.6. The molecule has 110 valence electrons. The maximum Gasteiger partial charge on any atom is 0.162 e. The van der Waals surface area contributed by atoms with Crippen molar-refractivity contribution in [2.75, 3.05) is 7.11 Å². The Kier molecular flexibility index (Phi) is 5.64. The second-order valence-electron chi connectivity index (χ2n) is 4.18. The van der Waals surface area contributed by atoms with Crippen LogP contribution in [0.25, 0.3) is 0 Å². The van der Waals surface area contributed by atoms with Crippen LogP contribution in [0.15, 0.2) is 50.5 Å². The first-order chi connectivity index (χ1) is 10.1. The predicted octanol–water partition coefficient (Wildman–Crippen LogP) is 4.61. The van der Waals surface area contributed by atoms with Crippen LogP contribution in [0.1, 0.15) is 11.1 Å². The Bertz CT molecular complexity index is 642. The Hall–Kier alpha value is -1.53. The van der Waals surface area contributed by atoms with Crippen LogP contribution in [0.3, 0.4) is 0 Å². The molecule has 0 atom stereocenters. The van der Waals surface area contributed by atoms with Gasteiger partial charge in [0.25, 0.3) is 0 Å². The first-order valence-corrected chi connectivity index (χ1v) is 7.65. The standard InChI is InChI=1S/C15H13Br2NO3/c1-20-14-6-11(8-18-19)13(17)7-15(14)21-9-10-2-4-12(16)5-3-10/h2-8,19H,9H2,1H3/b18-8-. The van der Waals surface area contributed by atoms with Crippen LogP contribution in [0, 0.1) is 0 Å². The van der Waals surface area contributed by atoms with E-state index in [1.165, 1.54) is 6.21 Å². The summed E-state index contributed by atoms with van der Waals surface area (Å²) in [6.45, 7) is 0.434. The fourth-order valence-corrected chi connectivity index (χ4v) is 2.42. The van der Waals surface area contributed by atoms with E-state index >= 15 is 0 Å². The van der Waals surface area contributed by atoms with Gasteiger partial charge >= 0.3 is 0 Å². The number of ether oxygens (including phenoxy) is 2. The highest BCUT2D eigenvalue weighted by Gasteiger charge is 2.09. The summed E-state index contributed by atoms with van der Waals surface area (Å²) >= 11 is 6.80. The molecule has 2 aromatic rings. The lowest BCUT2D eigenvalue weighted by atomic mass is 10.2. The van der Waals surface area contributed by atoms with Crippen molar-refractivity contribution in [1.82, 2.24) is 0 Å². The highest BCUT2D eigenvalue weighted by molar-refractivity contribution is 9.10. The summed E-state index contributed by atoms with van der Waals surface area (Å²) in [5.41, 5.74) is 1.75. The van der Waals surface area contributed by atoms with Gasteiger partial charge in [-0.05, 0) is 45.8 Å². The Labute approximate surface area is 139 Å². The van der Waals surface area contributed by atoms with E-state index < -0.39 is 0 Å². The molecule has 0 saturated heterocycles. The van der Waals surface area contributed by atoms with E-state index in [2.05, 4.69) is 37.0 Å². The molecule has 0 radical (unpaired) electrons. The van der Waals surface area contributed by atoms with Crippen LogP contribution in [0.2, 0.25) is 0 Å². The molecule has 0 aliphatic carbocycles. The number of nitrogens with zero attached hydrogens (tertiary/aromatic N) is 1. The van der Waals surface area contributed by atoms with Crippen molar-refractivity contribution in [3.05, 3.63) is 56.5 Å². The van der Waals surface area contributed by atoms with E-state index in [1.54, 1.807) is 19.2 Å². The van der Waals surface area contributed by atoms with Crippen molar-refractivity contribution < 1.29 is 14.7 Å². The number of hydrogen-bond donors (Lipinski definition) is 1. The van der Waals surface area contributed by atoms with Gasteiger partial charge in [0.1, 0.15) is 6.61 Å². The molecule has 0 aliphatic heterocycles. The van der Waals surface area contributed by atoms with Crippen molar-refractivity contribution in [3.63, 3.8) is 0 Å². The monoisotopic (exact) mass is 413 g/mol. The molecule has 2 aromatic carbocycles. The van der Waals surface area contributed by atoms with Crippen LogP contribution < -0.4 is 9.47 Å². The van der Waals surface area contributed by atoms with Crippen molar-refractivity contribution in [2.45, 2.75) is 6.61 Å². The summed E-state index contributed by atoms with van der Waals surface area (Å²) in [5.74, 6) is 1.19. The molecular formula is C15H13Br2NO3. The number of benzene rings is 2. The summed E-state index contributed by atoms with van der Waals surface area (Å²) in [4.78, 5) is 0. The molecule has 1 N–H and O–H groups in total. The van der Waals surface area contributed by atoms with Gasteiger partial charge in [-0.25, -0.2) is 0 Å². The lowest BCUT2D eigenvalue weighted by Crippen LogP contribution is -1.99. The van der Waals surface area contributed by atoms with Gasteiger partial charge < -0.3 is 14.7 Å². The van der Waals surface area contributed by atoms with E-state index in [0.717, 1.165) is 14.5 Å². The minimum atomic E-state index is 0.434. The minimum Gasteiger partial charge on any atom is -0.493 e. The maximum atomic E-state index is 8.62. The Morgan fingerprint density at radius 1 is 1.14 bits per heavy atom. The summed E-state index contributed by atoms with van der Waals surface area (Å²) in [6, 6.07) is 11.4. The first kappa shape index (κ1) is 15.9. The zero-order valence-electron chi connectivity index (χ0n) is 11.2. The predicted molar refractivity (Wildman–Crippen MR) is 88.5 cm³/mol. The van der Waals surface area contributed by atoms with Crippen LogP contribution in [0.4, 0.5) is 0 Å². The third-order valence-corrected chi connectivity index (χ3v) is 4.00. The quantitative estimate of drug-likeness (QED) is 0.441. The largest absolute Gasteiger partial charge is 0.493 e. The molecule has 0 aliphatic rings. The molecule has 0 bridgehead atoms. The summed E-state index contributed by atoms with van der Waals surface area (Å²) in [6.07, 6.45) is 1.32. The SMILES string of the molecule is COc1cc(/C=N\O)c(Br)cc1OCc1ccc(Br)cc1. The van der Waals surface area contributed by atoms with Crippen LogP contribution >= 0.6 is 31.9 Å². The zero-order valence-corrected chi connectivity index (χ0v) is 14.4. The lowest BCUT2D eigenvalue weighted by Gasteiger charge is -2.12. The molecular weight excluding hydrogens is 402 g/mol. The lowest BCUT2D eigenvalue weighted by molar-refractivity contribution is 0.284. The topological polar surface area (TPSA) is 51.0 Å². The van der Waals surface area contributed by atoms with Crippen molar-refractivity contribution in [1.29, 1.82) is 0 Å². The fraction of sp³-hybridized carbons (Fsp3) is 0.133. The number of methoxy groups -OCH3 is 1. The van der Waals surface area contributed by atoms with Crippen LogP contribution in [0.5, 0.6) is 11.5 Å². The minimum absolute atomic E-state index is 0.434. The van der Waals surface area contributed by atoms with Crippen molar-refractivity contribution in [2.24, 2.45) is 5.16 Å². The molecule has 6 heteroatoms. The molecule has 0 heterocycles. The molecule has 0 saturated carbocycles. The molecule has 4 nitrogen and oxygen atoms in total. The van der Waals surface area contributed by atoms with E-state index in [9.17, 15) is 0 Å². The van der Waals surface area contributed by atoms with Gasteiger partial charge in [-0.1, -0.05) is 33.2 Å². The number of halogens is 2. The second kappa shape index (κ2) is 7.47. The van der Waals surface area contributed by atoms with Crippen LogP contribution in [-0.4, -0.2) is 18.5 Å². The van der Waals surface area contributed by atoms with Gasteiger partial charge in [-0.2, -0.15) is 0 Å². The Morgan fingerprint density at radius 2 is 1.86 bits per heavy atom. The highest BCUT2D eigenvalue weighted by Crippen LogP contribution is 2.33. The average Bonchev–Trinajstić information content (AvgIpc) is 2.49. The molecule has 21 heavy (non-hydrogen) atoms. The van der Waals surface area contributed by atoms with Gasteiger partial charge in [0.15, 0.2) is 11.5 Å². The van der Waals surface area contributed by atoms with Gasteiger partial charge in [-0.3, -0.25) is 0 Å². The van der Waals surface area contributed by atoms with Crippen LogP contribution in [-0.2, 0) is 6.61 Å². The van der Waals surface area contributed by atoms with E-state index in [-0.39, 0.29) is 0 Å². The Morgan fingerprint density at radius 3 is 2.48 bits per heavy atom. The average molecular weight is 415 g/mol. The highest BCUT2D eigenvalue weighted by atomic mass is 79.9. The number of rotatable bonds is 5. The van der Waals surface area contributed by atoms with Crippen molar-refractivity contribution in [3.8, 4) is 11.5 Å². The Balaban J connectivity index is 2.19.